The highest BCUT2D eigenvalue weighted by Crippen LogP contribution is 2.27. The highest BCUT2D eigenvalue weighted by Gasteiger charge is 2.39. The number of hydroxylamine groups is 1. The Morgan fingerprint density at radius 2 is 2.12 bits per heavy atom. The van der Waals surface area contributed by atoms with Crippen molar-refractivity contribution in [1.29, 1.82) is 0 Å². The molecular weight excluding hydrogens is 218 g/mol. The largest absolute Gasteiger partial charge is 0.622 e. The molecule has 1 aliphatic carbocycles. The molecule has 0 amide bonds. The van der Waals surface area contributed by atoms with E-state index in [4.69, 9.17) is 0 Å². The maximum Gasteiger partial charge on any atom is 0.277 e. The number of nitrogens with one attached hydrogen (secondary N) is 1. The Hall–Kier alpha value is -1.49. The second-order valence-electron chi connectivity index (χ2n) is 4.73. The number of aliphatic hydroxyl groups excluding tert-OH is 1. The molecule has 5 nitrogen and oxygen atoms in total. The molecule has 1 fully saturated rings. The summed E-state index contributed by atoms with van der Waals surface area (Å²) in [5.74, 6) is 0.133. The van der Waals surface area contributed by atoms with Crippen LogP contribution < -0.4 is 5.32 Å². The van der Waals surface area contributed by atoms with Crippen molar-refractivity contribution in [2.75, 3.05) is 19.8 Å². The van der Waals surface area contributed by atoms with Crippen LogP contribution in [0, 0.1) is 5.21 Å². The van der Waals surface area contributed by atoms with Gasteiger partial charge in [-0.1, -0.05) is 0 Å². The summed E-state index contributed by atoms with van der Waals surface area (Å²) in [5.41, 5.74) is 1.38. The molecule has 92 valence electrons. The lowest BCUT2D eigenvalue weighted by molar-refractivity contribution is -0.469. The predicted molar refractivity (Wildman–Crippen MR) is 64.6 cm³/mol. The number of allylic oxidation sites excluding steroid dienone is 2. The van der Waals surface area contributed by atoms with Crippen molar-refractivity contribution in [3.05, 3.63) is 28.8 Å². The molecule has 2 N–H and O–H groups in total. The Morgan fingerprint density at radius 1 is 1.35 bits per heavy atom. The van der Waals surface area contributed by atoms with Crippen LogP contribution in [0.5, 0.6) is 0 Å². The van der Waals surface area contributed by atoms with Gasteiger partial charge < -0.3 is 20.5 Å². The SMILES string of the molecule is [O-][N+]1=C2C(O)=CCC=C2N(C2CCNCC2)C1. The van der Waals surface area contributed by atoms with Gasteiger partial charge in [-0.2, -0.15) is 4.74 Å². The van der Waals surface area contributed by atoms with E-state index in [1.165, 1.54) is 0 Å². The van der Waals surface area contributed by atoms with Gasteiger partial charge in [0.15, 0.2) is 5.76 Å². The Kier molecular flexibility index (Phi) is 2.55. The number of aliphatic hydroxyl groups is 1. The number of piperidine rings is 1. The van der Waals surface area contributed by atoms with E-state index in [-0.39, 0.29) is 5.76 Å². The molecule has 0 atom stereocenters. The fourth-order valence-corrected chi connectivity index (χ4v) is 2.83. The topological polar surface area (TPSA) is 61.6 Å². The van der Waals surface area contributed by atoms with E-state index in [9.17, 15) is 10.3 Å². The summed E-state index contributed by atoms with van der Waals surface area (Å²) in [6.07, 6.45) is 6.55. The van der Waals surface area contributed by atoms with Crippen LogP contribution in [0.4, 0.5) is 0 Å². The maximum absolute atomic E-state index is 11.9. The molecule has 3 aliphatic rings. The number of hydrogen-bond donors (Lipinski definition) is 2. The minimum atomic E-state index is 0.133. The lowest BCUT2D eigenvalue weighted by atomic mass is 10.0. The van der Waals surface area contributed by atoms with Crippen molar-refractivity contribution in [2.24, 2.45) is 0 Å². The molecule has 2 heterocycles. The first-order chi connectivity index (χ1) is 8.27. The zero-order valence-electron chi connectivity index (χ0n) is 9.72. The van der Waals surface area contributed by atoms with Crippen LogP contribution in [0.15, 0.2) is 23.6 Å². The average Bonchev–Trinajstić information content (AvgIpc) is 2.69. The van der Waals surface area contributed by atoms with Crippen LogP contribution in [0.1, 0.15) is 19.3 Å². The van der Waals surface area contributed by atoms with Gasteiger partial charge in [0, 0.05) is 6.04 Å². The molecule has 0 saturated carbocycles. The number of nitrogens with zero attached hydrogens (tertiary/aromatic N) is 2. The summed E-state index contributed by atoms with van der Waals surface area (Å²) in [4.78, 5) is 2.15. The molecule has 0 bridgehead atoms. The zero-order valence-corrected chi connectivity index (χ0v) is 9.72. The van der Waals surface area contributed by atoms with Crippen molar-refractivity contribution >= 4 is 5.71 Å². The van der Waals surface area contributed by atoms with E-state index >= 15 is 0 Å². The molecule has 0 aromatic carbocycles. The van der Waals surface area contributed by atoms with E-state index in [0.717, 1.165) is 36.4 Å². The van der Waals surface area contributed by atoms with Crippen molar-refractivity contribution in [3.63, 3.8) is 0 Å². The van der Waals surface area contributed by atoms with Crippen molar-refractivity contribution in [2.45, 2.75) is 25.3 Å². The third-order valence-electron chi connectivity index (χ3n) is 3.70. The second-order valence-corrected chi connectivity index (χ2v) is 4.73. The highest BCUT2D eigenvalue weighted by atomic mass is 16.5. The molecule has 1 saturated heterocycles. The third-order valence-corrected chi connectivity index (χ3v) is 3.70. The smallest absolute Gasteiger partial charge is 0.277 e. The molecular formula is C12H17N3O2. The quantitative estimate of drug-likeness (QED) is 0.518. The van der Waals surface area contributed by atoms with Crippen LogP contribution in [0.25, 0.3) is 0 Å². The summed E-state index contributed by atoms with van der Waals surface area (Å²) >= 11 is 0. The highest BCUT2D eigenvalue weighted by molar-refractivity contribution is 6.08. The molecule has 0 radical (unpaired) electrons. The summed E-state index contributed by atoms with van der Waals surface area (Å²) in [6.45, 7) is 2.36. The normalized spacial score (nSPS) is 25.8. The van der Waals surface area contributed by atoms with Gasteiger partial charge >= 0.3 is 0 Å². The Morgan fingerprint density at radius 3 is 2.88 bits per heavy atom. The Bertz CT molecular complexity index is 419. The molecule has 2 aliphatic heterocycles. The van der Waals surface area contributed by atoms with Gasteiger partial charge in [0.1, 0.15) is 5.70 Å². The van der Waals surface area contributed by atoms with E-state index in [1.54, 1.807) is 6.08 Å². The van der Waals surface area contributed by atoms with Crippen LogP contribution in [0.3, 0.4) is 0 Å². The molecule has 0 unspecified atom stereocenters. The lowest BCUT2D eigenvalue weighted by Gasteiger charge is -2.31. The van der Waals surface area contributed by atoms with Gasteiger partial charge in [-0.05, 0) is 44.5 Å². The lowest BCUT2D eigenvalue weighted by Crippen LogP contribution is -2.42. The molecule has 3 rings (SSSR count). The van der Waals surface area contributed by atoms with Crippen molar-refractivity contribution < 1.29 is 9.85 Å². The summed E-state index contributed by atoms with van der Waals surface area (Å²) in [5, 5.41) is 24.9. The van der Waals surface area contributed by atoms with Crippen LogP contribution in [0.2, 0.25) is 0 Å². The molecule has 17 heavy (non-hydrogen) atoms. The number of fused-ring (bicyclic) bond motifs is 1. The Balaban J connectivity index is 1.85. The standard InChI is InChI=1S/C12H17N3O2/c16-11-3-1-2-10-12(11)15(17)8-14(10)9-4-6-13-7-5-9/h2-3,9,13,16H,1,4-8H2. The Labute approximate surface area is 100 Å². The minimum absolute atomic E-state index is 0.133. The number of hydrogen-bond acceptors (Lipinski definition) is 4. The van der Waals surface area contributed by atoms with Crippen molar-refractivity contribution in [1.82, 2.24) is 10.2 Å². The van der Waals surface area contributed by atoms with E-state index < -0.39 is 0 Å². The monoisotopic (exact) mass is 235 g/mol. The summed E-state index contributed by atoms with van der Waals surface area (Å²) < 4.78 is 0.902. The first-order valence-corrected chi connectivity index (χ1v) is 6.16. The number of rotatable bonds is 1. The van der Waals surface area contributed by atoms with E-state index in [2.05, 4.69) is 10.2 Å². The van der Waals surface area contributed by atoms with Gasteiger partial charge in [-0.3, -0.25) is 0 Å². The molecule has 0 aromatic rings. The average molecular weight is 235 g/mol. The summed E-state index contributed by atoms with van der Waals surface area (Å²) in [7, 11) is 0. The minimum Gasteiger partial charge on any atom is -0.622 e. The van der Waals surface area contributed by atoms with Gasteiger partial charge in [0.25, 0.3) is 5.71 Å². The van der Waals surface area contributed by atoms with Gasteiger partial charge in [0.2, 0.25) is 6.67 Å². The third kappa shape index (κ3) is 1.70. The van der Waals surface area contributed by atoms with Gasteiger partial charge in [-0.25, -0.2) is 0 Å². The van der Waals surface area contributed by atoms with Gasteiger partial charge in [-0.15, -0.1) is 0 Å². The molecule has 5 heteroatoms. The fourth-order valence-electron chi connectivity index (χ4n) is 2.83. The second kappa shape index (κ2) is 4.07. The van der Waals surface area contributed by atoms with Gasteiger partial charge in [0.05, 0.1) is 0 Å². The van der Waals surface area contributed by atoms with Crippen LogP contribution in [-0.4, -0.2) is 46.3 Å². The van der Waals surface area contributed by atoms with Crippen LogP contribution in [-0.2, 0) is 0 Å². The predicted octanol–water partition coefficient (Wildman–Crippen LogP) is 0.692. The fraction of sp³-hybridized carbons (Fsp3) is 0.583. The van der Waals surface area contributed by atoms with Crippen molar-refractivity contribution in [3.8, 4) is 0 Å². The van der Waals surface area contributed by atoms with E-state index in [1.807, 2.05) is 6.08 Å². The molecule has 0 aromatic heterocycles. The van der Waals surface area contributed by atoms with E-state index in [0.29, 0.717) is 24.8 Å². The van der Waals surface area contributed by atoms with Crippen LogP contribution >= 0.6 is 0 Å². The first kappa shape index (κ1) is 10.7. The maximum atomic E-state index is 11.9. The first-order valence-electron chi connectivity index (χ1n) is 6.16. The zero-order chi connectivity index (χ0) is 11.8. The molecule has 0 spiro atoms. The summed E-state index contributed by atoms with van der Waals surface area (Å²) in [6, 6.07) is 0.419.